The number of aryl methyl sites for hydroxylation is 1. The van der Waals surface area contributed by atoms with E-state index in [0.29, 0.717) is 18.6 Å². The quantitative estimate of drug-likeness (QED) is 0.309. The van der Waals surface area contributed by atoms with Crippen LogP contribution in [0, 0.1) is 29.6 Å². The smallest absolute Gasteiger partial charge is 0.263 e. The Labute approximate surface area is 274 Å². The molecular formula is C36H43ClN2O5S. The molecule has 1 amide bonds. The highest BCUT2D eigenvalue weighted by Gasteiger charge is 2.48. The van der Waals surface area contributed by atoms with Gasteiger partial charge in [-0.1, -0.05) is 42.5 Å². The Morgan fingerprint density at radius 2 is 2.07 bits per heavy atom. The zero-order valence-electron chi connectivity index (χ0n) is 26.3. The number of aliphatic hydroxyl groups excluding tert-OH is 1. The van der Waals surface area contributed by atoms with Gasteiger partial charge in [0.2, 0.25) is 0 Å². The summed E-state index contributed by atoms with van der Waals surface area (Å²) in [5, 5.41) is 10.1. The van der Waals surface area contributed by atoms with Gasteiger partial charge in [-0.15, -0.1) is 0 Å². The zero-order chi connectivity index (χ0) is 31.8. The predicted molar refractivity (Wildman–Crippen MR) is 179 cm³/mol. The van der Waals surface area contributed by atoms with Crippen LogP contribution in [-0.4, -0.2) is 59.5 Å². The Kier molecular flexibility index (Phi) is 9.36. The number of hydrogen-bond acceptors (Lipinski definition) is 6. The summed E-state index contributed by atoms with van der Waals surface area (Å²) in [6, 6.07) is 11.8. The first kappa shape index (κ1) is 32.1. The SMILES string of the molecule is CO[C@]1(C#CCO)/C=C/CC(C)C(C)S(=O)NC(=O)c2ccc3c(c2)N(CC2CCC21)C[C@@]1(CCCc2cc(Cl)ccc21)CO3. The van der Waals surface area contributed by atoms with Crippen LogP contribution < -0.4 is 14.4 Å². The molecule has 5 unspecified atom stereocenters. The summed E-state index contributed by atoms with van der Waals surface area (Å²) in [6.45, 7) is 5.67. The number of carbonyl (C=O) groups is 1. The van der Waals surface area contributed by atoms with Crippen LogP contribution in [0.1, 0.15) is 67.4 Å². The van der Waals surface area contributed by atoms with Crippen molar-refractivity contribution < 1.29 is 23.6 Å². The van der Waals surface area contributed by atoms with Gasteiger partial charge in [0.25, 0.3) is 5.91 Å². The minimum atomic E-state index is -1.58. The van der Waals surface area contributed by atoms with E-state index >= 15 is 0 Å². The first-order chi connectivity index (χ1) is 21.7. The second-order valence-corrected chi connectivity index (χ2v) is 15.2. The van der Waals surface area contributed by atoms with Gasteiger partial charge in [-0.3, -0.25) is 9.52 Å². The topological polar surface area (TPSA) is 88.1 Å². The van der Waals surface area contributed by atoms with Crippen LogP contribution in [0.5, 0.6) is 5.75 Å². The number of benzene rings is 2. The van der Waals surface area contributed by atoms with Gasteiger partial charge in [0.05, 0.1) is 17.5 Å². The Hall–Kier alpha value is -2.83. The summed E-state index contributed by atoms with van der Waals surface area (Å²) in [6.07, 6.45) is 9.74. The van der Waals surface area contributed by atoms with Crippen molar-refractivity contribution >= 4 is 34.2 Å². The van der Waals surface area contributed by atoms with Gasteiger partial charge >= 0.3 is 0 Å². The van der Waals surface area contributed by atoms with Gasteiger partial charge in [0.15, 0.2) is 0 Å². The standard InChI is InChI=1S/C36H43ClN2O5S/c1-24-7-4-16-36(43-3,17-6-18-40)31-12-9-28(31)21-39-22-35(15-5-8-26-19-29(37)11-13-30(26)35)23-44-33-14-10-27(20-32(33)39)34(41)38-45(42)25(24)2/h4,10-11,13-14,16,19-20,24-25,28,31,40H,5,7-9,12,15,18,21-23H2,1-3H3,(H,38,41)/b16-4+/t24?,25?,28?,31?,35-,36-,45?/m0/s1. The molecule has 0 aromatic heterocycles. The molecule has 6 rings (SSSR count). The lowest BCUT2D eigenvalue weighted by molar-refractivity contribution is -0.0351. The fourth-order valence-corrected chi connectivity index (χ4v) is 8.91. The minimum absolute atomic E-state index is 0.0354. The van der Waals surface area contributed by atoms with Crippen LogP contribution in [0.25, 0.3) is 0 Å². The molecule has 1 spiro atoms. The molecule has 240 valence electrons. The molecule has 2 aliphatic carbocycles. The lowest BCUT2D eigenvalue weighted by Crippen LogP contribution is -2.52. The van der Waals surface area contributed by atoms with E-state index in [9.17, 15) is 14.1 Å². The van der Waals surface area contributed by atoms with E-state index in [4.69, 9.17) is 21.1 Å². The molecule has 1 saturated carbocycles. The van der Waals surface area contributed by atoms with Crippen molar-refractivity contribution in [3.05, 3.63) is 70.3 Å². The van der Waals surface area contributed by atoms with Crippen LogP contribution in [-0.2, 0) is 27.6 Å². The molecule has 2 bridgehead atoms. The second-order valence-electron chi connectivity index (χ2n) is 13.2. The molecule has 45 heavy (non-hydrogen) atoms. The molecule has 2 aromatic carbocycles. The van der Waals surface area contributed by atoms with Gasteiger partial charge in [0.1, 0.15) is 28.9 Å². The molecule has 7 atom stereocenters. The van der Waals surface area contributed by atoms with Crippen molar-refractivity contribution in [3.8, 4) is 17.6 Å². The highest BCUT2D eigenvalue weighted by molar-refractivity contribution is 7.84. The normalized spacial score (nSPS) is 33.7. The fourth-order valence-electron chi connectivity index (χ4n) is 7.70. The van der Waals surface area contributed by atoms with Crippen LogP contribution >= 0.6 is 11.6 Å². The molecule has 2 heterocycles. The van der Waals surface area contributed by atoms with E-state index in [0.717, 1.165) is 61.7 Å². The maximum Gasteiger partial charge on any atom is 0.263 e. The minimum Gasteiger partial charge on any atom is -0.490 e. The van der Waals surface area contributed by atoms with E-state index in [1.165, 1.54) is 11.1 Å². The maximum absolute atomic E-state index is 13.4. The monoisotopic (exact) mass is 650 g/mol. The summed E-state index contributed by atoms with van der Waals surface area (Å²) in [7, 11) is 0.118. The molecular weight excluding hydrogens is 608 g/mol. The molecule has 2 aromatic rings. The Morgan fingerprint density at radius 3 is 2.82 bits per heavy atom. The number of ether oxygens (including phenoxy) is 2. The summed E-state index contributed by atoms with van der Waals surface area (Å²) in [5.74, 6) is 6.96. The van der Waals surface area contributed by atoms with Gasteiger partial charge in [0, 0.05) is 42.1 Å². The number of hydrogen-bond donors (Lipinski definition) is 2. The van der Waals surface area contributed by atoms with E-state index in [-0.39, 0.29) is 40.9 Å². The van der Waals surface area contributed by atoms with Crippen molar-refractivity contribution in [2.45, 2.75) is 68.6 Å². The van der Waals surface area contributed by atoms with Crippen molar-refractivity contribution in [2.75, 3.05) is 38.3 Å². The lowest BCUT2D eigenvalue weighted by Gasteiger charge is -2.48. The van der Waals surface area contributed by atoms with E-state index in [1.807, 2.05) is 38.1 Å². The van der Waals surface area contributed by atoms with Crippen molar-refractivity contribution in [1.29, 1.82) is 0 Å². The molecule has 7 nitrogen and oxygen atoms in total. The Morgan fingerprint density at radius 1 is 1.22 bits per heavy atom. The predicted octanol–water partition coefficient (Wildman–Crippen LogP) is 5.60. The first-order valence-corrected chi connectivity index (χ1v) is 17.6. The zero-order valence-corrected chi connectivity index (χ0v) is 27.9. The lowest BCUT2D eigenvalue weighted by atomic mass is 9.64. The molecule has 1 fully saturated rings. The summed E-state index contributed by atoms with van der Waals surface area (Å²) in [4.78, 5) is 15.8. The maximum atomic E-state index is 13.4. The van der Waals surface area contributed by atoms with E-state index < -0.39 is 16.6 Å². The van der Waals surface area contributed by atoms with Crippen LogP contribution in [0.15, 0.2) is 48.6 Å². The third-order valence-electron chi connectivity index (χ3n) is 10.6. The third kappa shape index (κ3) is 6.17. The number of fused-ring (bicyclic) bond motifs is 4. The van der Waals surface area contributed by atoms with Gasteiger partial charge < -0.3 is 19.5 Å². The van der Waals surface area contributed by atoms with Gasteiger partial charge in [-0.25, -0.2) is 4.21 Å². The van der Waals surface area contributed by atoms with Crippen molar-refractivity contribution in [1.82, 2.24) is 4.72 Å². The van der Waals surface area contributed by atoms with Crippen molar-refractivity contribution in [2.24, 2.45) is 17.8 Å². The first-order valence-electron chi connectivity index (χ1n) is 16.0. The van der Waals surface area contributed by atoms with E-state index in [2.05, 4.69) is 39.7 Å². The van der Waals surface area contributed by atoms with Crippen LogP contribution in [0.2, 0.25) is 5.02 Å². The van der Waals surface area contributed by atoms with Gasteiger partial charge in [-0.2, -0.15) is 0 Å². The average molecular weight is 651 g/mol. The highest BCUT2D eigenvalue weighted by Crippen LogP contribution is 2.49. The molecule has 2 aliphatic heterocycles. The molecule has 9 heteroatoms. The number of aliphatic hydroxyl groups is 1. The van der Waals surface area contributed by atoms with Crippen LogP contribution in [0.3, 0.4) is 0 Å². The molecule has 0 radical (unpaired) electrons. The highest BCUT2D eigenvalue weighted by atomic mass is 35.5. The Balaban J connectivity index is 1.45. The van der Waals surface area contributed by atoms with Crippen LogP contribution in [0.4, 0.5) is 5.69 Å². The molecule has 4 aliphatic rings. The molecule has 0 saturated heterocycles. The number of allylic oxidation sites excluding steroid dienone is 1. The average Bonchev–Trinajstić information content (AvgIpc) is 3.17. The number of halogens is 1. The fraction of sp³-hybridized carbons (Fsp3) is 0.528. The second kappa shape index (κ2) is 13.1. The summed E-state index contributed by atoms with van der Waals surface area (Å²) >= 11 is 6.44. The largest absolute Gasteiger partial charge is 0.490 e. The number of carbonyl (C=O) groups excluding carboxylic acids is 1. The number of rotatable bonds is 1. The van der Waals surface area contributed by atoms with Gasteiger partial charge in [-0.05, 0) is 105 Å². The third-order valence-corrected chi connectivity index (χ3v) is 12.4. The summed E-state index contributed by atoms with van der Waals surface area (Å²) in [5.41, 5.74) is 2.78. The number of methoxy groups -OCH3 is 1. The Bertz CT molecular complexity index is 1570. The number of nitrogens with one attached hydrogen (secondary N) is 1. The van der Waals surface area contributed by atoms with E-state index in [1.54, 1.807) is 13.2 Å². The molecule has 2 N–H and O–H groups in total. The number of nitrogens with zero attached hydrogens (tertiary/aromatic N) is 1. The number of anilines is 1. The summed E-state index contributed by atoms with van der Waals surface area (Å²) < 4.78 is 28.9. The number of amides is 1. The van der Waals surface area contributed by atoms with Crippen molar-refractivity contribution in [3.63, 3.8) is 0 Å².